The summed E-state index contributed by atoms with van der Waals surface area (Å²) in [5.74, 6) is 0.128. The van der Waals surface area contributed by atoms with Crippen LogP contribution in [-0.4, -0.2) is 29.9 Å². The van der Waals surface area contributed by atoms with E-state index in [1.807, 2.05) is 54.3 Å². The van der Waals surface area contributed by atoms with Crippen molar-refractivity contribution in [3.8, 4) is 0 Å². The third-order valence-electron chi connectivity index (χ3n) is 4.43. The van der Waals surface area contributed by atoms with Gasteiger partial charge in [0.1, 0.15) is 0 Å². The minimum absolute atomic E-state index is 0.128. The summed E-state index contributed by atoms with van der Waals surface area (Å²) in [6, 6.07) is 15.8. The van der Waals surface area contributed by atoms with Crippen molar-refractivity contribution in [1.29, 1.82) is 0 Å². The average Bonchev–Trinajstić information content (AvgIpc) is 2.60. The number of carbonyl (C=O) groups excluding carboxylic acids is 1. The number of benzene rings is 2. The Morgan fingerprint density at radius 1 is 1.09 bits per heavy atom. The highest BCUT2D eigenvalue weighted by atomic mass is 35.5. The van der Waals surface area contributed by atoms with Crippen molar-refractivity contribution in [2.45, 2.75) is 25.8 Å². The van der Waals surface area contributed by atoms with Gasteiger partial charge in [-0.25, -0.2) is 0 Å². The predicted molar refractivity (Wildman–Crippen MR) is 95.2 cm³/mol. The van der Waals surface area contributed by atoms with E-state index in [4.69, 9.17) is 11.6 Å². The number of nitrogens with zero attached hydrogens (tertiary/aromatic N) is 1. The van der Waals surface area contributed by atoms with Crippen molar-refractivity contribution in [3.63, 3.8) is 0 Å². The molecule has 3 rings (SSSR count). The molecule has 1 aliphatic rings. The van der Waals surface area contributed by atoms with Crippen molar-refractivity contribution in [2.24, 2.45) is 0 Å². The van der Waals surface area contributed by atoms with Gasteiger partial charge in [0.2, 0.25) is 0 Å². The second-order valence-corrected chi connectivity index (χ2v) is 6.40. The quantitative estimate of drug-likeness (QED) is 0.907. The van der Waals surface area contributed by atoms with Crippen molar-refractivity contribution < 1.29 is 4.79 Å². The van der Waals surface area contributed by atoms with E-state index in [0.29, 0.717) is 6.04 Å². The Bertz CT molecular complexity index is 679. The van der Waals surface area contributed by atoms with E-state index in [-0.39, 0.29) is 5.91 Å². The van der Waals surface area contributed by atoms with Crippen LogP contribution in [0, 0.1) is 6.92 Å². The average molecular weight is 329 g/mol. The first-order valence-corrected chi connectivity index (χ1v) is 8.39. The number of halogens is 1. The SMILES string of the molecule is Cc1c(Cl)cccc1NC1CCN(C(=O)c2ccccc2)CC1. The van der Waals surface area contributed by atoms with Crippen LogP contribution in [0.2, 0.25) is 5.02 Å². The number of rotatable bonds is 3. The lowest BCUT2D eigenvalue weighted by Crippen LogP contribution is -2.42. The van der Waals surface area contributed by atoms with Crippen LogP contribution in [0.4, 0.5) is 5.69 Å². The van der Waals surface area contributed by atoms with E-state index in [9.17, 15) is 4.79 Å². The number of hydrogen-bond donors (Lipinski definition) is 1. The lowest BCUT2D eigenvalue weighted by atomic mass is 10.0. The molecule has 2 aromatic carbocycles. The molecule has 0 aromatic heterocycles. The fraction of sp³-hybridized carbons (Fsp3) is 0.316. The Morgan fingerprint density at radius 2 is 1.78 bits per heavy atom. The number of piperidine rings is 1. The topological polar surface area (TPSA) is 32.3 Å². The first-order chi connectivity index (χ1) is 11.1. The molecule has 0 atom stereocenters. The molecular formula is C19H21ClN2O. The maximum atomic E-state index is 12.5. The van der Waals surface area contributed by atoms with Gasteiger partial charge >= 0.3 is 0 Å². The Kier molecular flexibility index (Phi) is 4.87. The zero-order chi connectivity index (χ0) is 16.2. The Morgan fingerprint density at radius 3 is 2.48 bits per heavy atom. The third kappa shape index (κ3) is 3.67. The van der Waals surface area contributed by atoms with Gasteiger partial charge in [-0.3, -0.25) is 4.79 Å². The lowest BCUT2D eigenvalue weighted by Gasteiger charge is -2.33. The fourth-order valence-corrected chi connectivity index (χ4v) is 3.15. The molecule has 0 radical (unpaired) electrons. The summed E-state index contributed by atoms with van der Waals surface area (Å²) in [4.78, 5) is 14.4. The van der Waals surface area contributed by atoms with Crippen LogP contribution in [-0.2, 0) is 0 Å². The van der Waals surface area contributed by atoms with Gasteiger partial charge in [-0.1, -0.05) is 35.9 Å². The zero-order valence-corrected chi connectivity index (χ0v) is 14.0. The van der Waals surface area contributed by atoms with Crippen LogP contribution in [0.15, 0.2) is 48.5 Å². The monoisotopic (exact) mass is 328 g/mol. The number of amides is 1. The van der Waals surface area contributed by atoms with Crippen molar-refractivity contribution >= 4 is 23.2 Å². The van der Waals surface area contributed by atoms with Gasteiger partial charge in [0.25, 0.3) is 5.91 Å². The molecule has 1 aliphatic heterocycles. The normalized spacial score (nSPS) is 15.5. The van der Waals surface area contributed by atoms with Gasteiger partial charge in [0.15, 0.2) is 0 Å². The molecule has 0 unspecified atom stereocenters. The van der Waals surface area contributed by atoms with E-state index in [0.717, 1.165) is 47.8 Å². The van der Waals surface area contributed by atoms with E-state index in [1.54, 1.807) is 0 Å². The highest BCUT2D eigenvalue weighted by Crippen LogP contribution is 2.25. The highest BCUT2D eigenvalue weighted by molar-refractivity contribution is 6.31. The van der Waals surface area contributed by atoms with E-state index < -0.39 is 0 Å². The molecule has 3 nitrogen and oxygen atoms in total. The second-order valence-electron chi connectivity index (χ2n) is 5.99. The first-order valence-electron chi connectivity index (χ1n) is 8.01. The van der Waals surface area contributed by atoms with E-state index in [1.165, 1.54) is 0 Å². The number of carbonyl (C=O) groups is 1. The fourth-order valence-electron chi connectivity index (χ4n) is 2.97. The van der Waals surface area contributed by atoms with Gasteiger partial charge in [-0.15, -0.1) is 0 Å². The Labute approximate surface area is 142 Å². The summed E-state index contributed by atoms with van der Waals surface area (Å²) in [5.41, 5.74) is 2.94. The summed E-state index contributed by atoms with van der Waals surface area (Å²) in [7, 11) is 0. The molecule has 0 spiro atoms. The number of likely N-dealkylation sites (tertiary alicyclic amines) is 1. The van der Waals surface area contributed by atoms with Crippen LogP contribution in [0.5, 0.6) is 0 Å². The van der Waals surface area contributed by atoms with Crippen molar-refractivity contribution in [2.75, 3.05) is 18.4 Å². The summed E-state index contributed by atoms with van der Waals surface area (Å²) in [6.07, 6.45) is 1.90. The number of hydrogen-bond acceptors (Lipinski definition) is 2. The molecule has 0 saturated carbocycles. The molecule has 0 bridgehead atoms. The molecule has 4 heteroatoms. The third-order valence-corrected chi connectivity index (χ3v) is 4.84. The largest absolute Gasteiger partial charge is 0.382 e. The van der Waals surface area contributed by atoms with Crippen molar-refractivity contribution in [3.05, 3.63) is 64.7 Å². The maximum absolute atomic E-state index is 12.5. The standard InChI is InChI=1S/C19H21ClN2O/c1-14-17(20)8-5-9-18(14)21-16-10-12-22(13-11-16)19(23)15-6-3-2-4-7-15/h2-9,16,21H,10-13H2,1H3. The van der Waals surface area contributed by atoms with Crippen LogP contribution in [0.25, 0.3) is 0 Å². The maximum Gasteiger partial charge on any atom is 0.253 e. The summed E-state index contributed by atoms with van der Waals surface area (Å²) < 4.78 is 0. The van der Waals surface area contributed by atoms with Gasteiger partial charge in [0, 0.05) is 35.4 Å². The molecule has 0 aliphatic carbocycles. The van der Waals surface area contributed by atoms with Gasteiger partial charge in [-0.05, 0) is 49.6 Å². The van der Waals surface area contributed by atoms with Gasteiger partial charge in [-0.2, -0.15) is 0 Å². The van der Waals surface area contributed by atoms with E-state index >= 15 is 0 Å². The number of nitrogens with one attached hydrogen (secondary N) is 1. The second kappa shape index (κ2) is 7.05. The van der Waals surface area contributed by atoms with E-state index in [2.05, 4.69) is 11.4 Å². The Balaban J connectivity index is 1.58. The lowest BCUT2D eigenvalue weighted by molar-refractivity contribution is 0.0718. The van der Waals surface area contributed by atoms with Crippen LogP contribution in [0.1, 0.15) is 28.8 Å². The summed E-state index contributed by atoms with van der Waals surface area (Å²) in [5, 5.41) is 4.35. The summed E-state index contributed by atoms with van der Waals surface area (Å²) in [6.45, 7) is 3.59. The minimum Gasteiger partial charge on any atom is -0.382 e. The molecule has 1 N–H and O–H groups in total. The number of anilines is 1. The molecule has 1 amide bonds. The van der Waals surface area contributed by atoms with Gasteiger partial charge in [0.05, 0.1) is 0 Å². The molecule has 120 valence electrons. The van der Waals surface area contributed by atoms with Crippen LogP contribution < -0.4 is 5.32 Å². The molecular weight excluding hydrogens is 308 g/mol. The molecule has 1 heterocycles. The predicted octanol–water partition coefficient (Wildman–Crippen LogP) is 4.37. The highest BCUT2D eigenvalue weighted by Gasteiger charge is 2.23. The summed E-state index contributed by atoms with van der Waals surface area (Å²) >= 11 is 6.17. The van der Waals surface area contributed by atoms with Crippen LogP contribution >= 0.6 is 11.6 Å². The molecule has 1 saturated heterocycles. The first kappa shape index (κ1) is 15.9. The van der Waals surface area contributed by atoms with Crippen molar-refractivity contribution in [1.82, 2.24) is 4.90 Å². The molecule has 1 fully saturated rings. The molecule has 2 aromatic rings. The smallest absolute Gasteiger partial charge is 0.253 e. The Hall–Kier alpha value is -2.00. The molecule has 23 heavy (non-hydrogen) atoms. The zero-order valence-electron chi connectivity index (χ0n) is 13.3. The minimum atomic E-state index is 0.128. The van der Waals surface area contributed by atoms with Gasteiger partial charge < -0.3 is 10.2 Å². The van der Waals surface area contributed by atoms with Crippen LogP contribution in [0.3, 0.4) is 0 Å².